The van der Waals surface area contributed by atoms with E-state index in [4.69, 9.17) is 0 Å². The minimum atomic E-state index is -0.174. The van der Waals surface area contributed by atoms with Crippen LogP contribution in [0.3, 0.4) is 0 Å². The minimum absolute atomic E-state index is 0.0241. The Hall–Kier alpha value is -3.07. The van der Waals surface area contributed by atoms with Gasteiger partial charge in [0.2, 0.25) is 11.8 Å². The predicted molar refractivity (Wildman–Crippen MR) is 100 cm³/mol. The average molecular weight is 382 g/mol. The van der Waals surface area contributed by atoms with Crippen molar-refractivity contribution in [2.45, 2.75) is 25.8 Å². The van der Waals surface area contributed by atoms with Gasteiger partial charge in [-0.2, -0.15) is 0 Å². The van der Waals surface area contributed by atoms with Gasteiger partial charge in [-0.1, -0.05) is 0 Å². The van der Waals surface area contributed by atoms with Gasteiger partial charge in [0.15, 0.2) is 0 Å². The summed E-state index contributed by atoms with van der Waals surface area (Å²) in [4.78, 5) is 27.7. The molecule has 4 rings (SSSR count). The van der Waals surface area contributed by atoms with Crippen LogP contribution < -0.4 is 5.32 Å². The molecule has 1 aromatic carbocycles. The zero-order valence-electron chi connectivity index (χ0n) is 14.5. The van der Waals surface area contributed by atoms with Crippen LogP contribution in [0.2, 0.25) is 0 Å². The third-order valence-corrected chi connectivity index (χ3v) is 5.51. The van der Waals surface area contributed by atoms with Crippen LogP contribution in [0.25, 0.3) is 5.69 Å². The molecule has 27 heavy (non-hydrogen) atoms. The number of benzene rings is 1. The fourth-order valence-electron chi connectivity index (χ4n) is 3.04. The summed E-state index contributed by atoms with van der Waals surface area (Å²) in [7, 11) is 0. The fraction of sp³-hybridized carbons (Fsp3) is 0.278. The zero-order valence-corrected chi connectivity index (χ0v) is 15.4. The normalized spacial score (nSPS) is 13.3. The van der Waals surface area contributed by atoms with Crippen LogP contribution in [0, 0.1) is 0 Å². The number of hydrogen-bond acceptors (Lipinski definition) is 6. The van der Waals surface area contributed by atoms with Crippen LogP contribution >= 0.6 is 11.3 Å². The SMILES string of the molecule is O=C(CCC(=O)N1CCc2sccc2C1)Nc1ccc(-n2cnnn2)cc1. The summed E-state index contributed by atoms with van der Waals surface area (Å²) in [5.74, 6) is -0.150. The summed E-state index contributed by atoms with van der Waals surface area (Å²) in [5, 5.41) is 15.9. The van der Waals surface area contributed by atoms with Gasteiger partial charge >= 0.3 is 0 Å². The second-order valence-corrected chi connectivity index (χ2v) is 7.28. The largest absolute Gasteiger partial charge is 0.338 e. The summed E-state index contributed by atoms with van der Waals surface area (Å²) in [6, 6.07) is 9.25. The van der Waals surface area contributed by atoms with Gasteiger partial charge in [-0.3, -0.25) is 9.59 Å². The molecule has 0 radical (unpaired) electrons. The number of tetrazole rings is 1. The smallest absolute Gasteiger partial charge is 0.224 e. The number of amides is 2. The van der Waals surface area contributed by atoms with Crippen molar-refractivity contribution in [2.75, 3.05) is 11.9 Å². The van der Waals surface area contributed by atoms with Crippen molar-refractivity contribution >= 4 is 28.8 Å². The Kier molecular flexibility index (Phi) is 4.93. The number of nitrogens with zero attached hydrogens (tertiary/aromatic N) is 5. The van der Waals surface area contributed by atoms with Gasteiger partial charge in [0.1, 0.15) is 6.33 Å². The first-order chi connectivity index (χ1) is 13.2. The molecule has 1 aliphatic rings. The standard InChI is InChI=1S/C18H18N6O2S/c25-17(20-14-1-3-15(4-2-14)24-12-19-21-22-24)5-6-18(26)23-9-7-16-13(11-23)8-10-27-16/h1-4,8,10,12H,5-7,9,11H2,(H,20,25). The highest BCUT2D eigenvalue weighted by molar-refractivity contribution is 7.10. The number of nitrogens with one attached hydrogen (secondary N) is 1. The van der Waals surface area contributed by atoms with Crippen molar-refractivity contribution < 1.29 is 9.59 Å². The van der Waals surface area contributed by atoms with Gasteiger partial charge in [-0.25, -0.2) is 4.68 Å². The molecule has 8 nitrogen and oxygen atoms in total. The molecule has 0 atom stereocenters. The lowest BCUT2D eigenvalue weighted by Gasteiger charge is -2.27. The number of rotatable bonds is 5. The molecular weight excluding hydrogens is 364 g/mol. The Morgan fingerprint density at radius 3 is 2.78 bits per heavy atom. The van der Waals surface area contributed by atoms with Crippen LogP contribution in [0.1, 0.15) is 23.3 Å². The highest BCUT2D eigenvalue weighted by Crippen LogP contribution is 2.24. The maximum absolute atomic E-state index is 12.4. The second kappa shape index (κ2) is 7.67. The number of aromatic nitrogens is 4. The van der Waals surface area contributed by atoms with E-state index in [0.29, 0.717) is 12.2 Å². The molecule has 0 fully saturated rings. The fourth-order valence-corrected chi connectivity index (χ4v) is 3.93. The van der Waals surface area contributed by atoms with E-state index >= 15 is 0 Å². The minimum Gasteiger partial charge on any atom is -0.338 e. The van der Waals surface area contributed by atoms with E-state index < -0.39 is 0 Å². The Balaban J connectivity index is 1.26. The van der Waals surface area contributed by atoms with Crippen LogP contribution in [0.4, 0.5) is 5.69 Å². The molecule has 138 valence electrons. The summed E-state index contributed by atoms with van der Waals surface area (Å²) in [6.07, 6.45) is 2.78. The van der Waals surface area contributed by atoms with E-state index in [1.165, 1.54) is 21.4 Å². The Bertz CT molecular complexity index is 935. The Morgan fingerprint density at radius 1 is 1.15 bits per heavy atom. The van der Waals surface area contributed by atoms with Gasteiger partial charge < -0.3 is 10.2 Å². The van der Waals surface area contributed by atoms with Crippen molar-refractivity contribution in [3.05, 3.63) is 52.5 Å². The van der Waals surface area contributed by atoms with Crippen molar-refractivity contribution in [1.29, 1.82) is 0 Å². The number of anilines is 1. The molecule has 1 aliphatic heterocycles. The van der Waals surface area contributed by atoms with Crippen molar-refractivity contribution in [2.24, 2.45) is 0 Å². The van der Waals surface area contributed by atoms with Gasteiger partial charge in [0.25, 0.3) is 0 Å². The molecule has 0 saturated carbocycles. The second-order valence-electron chi connectivity index (χ2n) is 6.28. The molecular formula is C18H18N6O2S. The maximum Gasteiger partial charge on any atom is 0.224 e. The number of carbonyl (C=O) groups excluding carboxylic acids is 2. The summed E-state index contributed by atoms with van der Waals surface area (Å²) in [6.45, 7) is 1.38. The molecule has 3 aromatic rings. The van der Waals surface area contributed by atoms with E-state index in [9.17, 15) is 9.59 Å². The van der Waals surface area contributed by atoms with Gasteiger partial charge in [-0.05, 0) is 58.1 Å². The molecule has 2 amide bonds. The molecule has 0 saturated heterocycles. The quantitative estimate of drug-likeness (QED) is 0.729. The van der Waals surface area contributed by atoms with Crippen LogP contribution in [-0.4, -0.2) is 43.5 Å². The molecule has 9 heteroatoms. The number of hydrogen-bond donors (Lipinski definition) is 1. The molecule has 0 aliphatic carbocycles. The third kappa shape index (κ3) is 4.03. The first kappa shape index (κ1) is 17.3. The third-order valence-electron chi connectivity index (χ3n) is 4.49. The Labute approximate surface area is 159 Å². The van der Waals surface area contributed by atoms with E-state index in [2.05, 4.69) is 32.3 Å². The Morgan fingerprint density at radius 2 is 2.00 bits per heavy atom. The zero-order chi connectivity index (χ0) is 18.6. The lowest BCUT2D eigenvalue weighted by Crippen LogP contribution is -2.35. The topological polar surface area (TPSA) is 93.0 Å². The van der Waals surface area contributed by atoms with E-state index in [-0.39, 0.29) is 24.7 Å². The van der Waals surface area contributed by atoms with Crippen LogP contribution in [-0.2, 0) is 22.6 Å². The van der Waals surface area contributed by atoms with Gasteiger partial charge in [-0.15, -0.1) is 16.4 Å². The highest BCUT2D eigenvalue weighted by atomic mass is 32.1. The molecule has 0 spiro atoms. The van der Waals surface area contributed by atoms with Crippen molar-refractivity contribution in [3.8, 4) is 5.69 Å². The summed E-state index contributed by atoms with van der Waals surface area (Å²) in [5.41, 5.74) is 2.70. The molecule has 0 bridgehead atoms. The lowest BCUT2D eigenvalue weighted by atomic mass is 10.1. The van der Waals surface area contributed by atoms with Gasteiger partial charge in [0, 0.05) is 36.5 Å². The average Bonchev–Trinajstić information content (AvgIpc) is 3.38. The first-order valence-corrected chi connectivity index (χ1v) is 9.53. The van der Waals surface area contributed by atoms with Crippen molar-refractivity contribution in [1.82, 2.24) is 25.1 Å². The van der Waals surface area contributed by atoms with Crippen molar-refractivity contribution in [3.63, 3.8) is 0 Å². The van der Waals surface area contributed by atoms with E-state index in [0.717, 1.165) is 18.7 Å². The van der Waals surface area contributed by atoms with E-state index in [1.807, 2.05) is 17.0 Å². The van der Waals surface area contributed by atoms with E-state index in [1.54, 1.807) is 23.5 Å². The van der Waals surface area contributed by atoms with Gasteiger partial charge in [0.05, 0.1) is 5.69 Å². The first-order valence-electron chi connectivity index (χ1n) is 8.65. The van der Waals surface area contributed by atoms with Crippen LogP contribution in [0.15, 0.2) is 42.0 Å². The molecule has 2 aromatic heterocycles. The number of fused-ring (bicyclic) bond motifs is 1. The summed E-state index contributed by atoms with van der Waals surface area (Å²) >= 11 is 1.74. The van der Waals surface area contributed by atoms with Crippen LogP contribution in [0.5, 0.6) is 0 Å². The number of thiophene rings is 1. The maximum atomic E-state index is 12.4. The molecule has 1 N–H and O–H groups in total. The predicted octanol–water partition coefficient (Wildman–Crippen LogP) is 2.03. The monoisotopic (exact) mass is 382 g/mol. The number of carbonyl (C=O) groups is 2. The molecule has 3 heterocycles. The molecule has 0 unspecified atom stereocenters. The highest BCUT2D eigenvalue weighted by Gasteiger charge is 2.21. The lowest BCUT2D eigenvalue weighted by molar-refractivity contribution is -0.133. The summed E-state index contributed by atoms with van der Waals surface area (Å²) < 4.78 is 1.53.